The lowest BCUT2D eigenvalue weighted by atomic mass is 10.2. The van der Waals surface area contributed by atoms with E-state index in [-0.39, 0.29) is 0 Å². The molecule has 0 bridgehead atoms. The van der Waals surface area contributed by atoms with Crippen LogP contribution in [0.5, 0.6) is 11.5 Å². The van der Waals surface area contributed by atoms with E-state index in [0.29, 0.717) is 16.6 Å². The molecule has 0 aliphatic rings. The number of nitrogens with one attached hydrogen (secondary N) is 1. The van der Waals surface area contributed by atoms with Gasteiger partial charge < -0.3 is 10.1 Å². The molecule has 21 heavy (non-hydrogen) atoms. The maximum Gasteiger partial charge on any atom is 0.133 e. The lowest BCUT2D eigenvalue weighted by molar-refractivity contribution is 0.469. The minimum absolute atomic E-state index is 0.690. The molecular formula is C17H19Cl2NO. The Bertz CT molecular complexity index is 614. The molecule has 0 spiro atoms. The number of aryl methyl sites for hydroxylation is 1. The van der Waals surface area contributed by atoms with Gasteiger partial charge in [0, 0.05) is 22.2 Å². The summed E-state index contributed by atoms with van der Waals surface area (Å²) < 4.78 is 6.02. The molecule has 0 atom stereocenters. The summed E-state index contributed by atoms with van der Waals surface area (Å²) in [5.74, 6) is 1.56. The van der Waals surface area contributed by atoms with E-state index in [0.717, 1.165) is 35.6 Å². The van der Waals surface area contributed by atoms with Gasteiger partial charge in [-0.1, -0.05) is 36.2 Å². The minimum Gasteiger partial charge on any atom is -0.457 e. The fourth-order valence-corrected chi connectivity index (χ4v) is 2.50. The summed E-state index contributed by atoms with van der Waals surface area (Å²) in [6.07, 6.45) is 1.08. The van der Waals surface area contributed by atoms with Crippen LogP contribution in [-0.2, 0) is 6.54 Å². The zero-order valence-corrected chi connectivity index (χ0v) is 13.8. The molecule has 2 aromatic carbocycles. The van der Waals surface area contributed by atoms with Crippen molar-refractivity contribution >= 4 is 23.2 Å². The van der Waals surface area contributed by atoms with Gasteiger partial charge in [0.25, 0.3) is 0 Å². The van der Waals surface area contributed by atoms with Crippen LogP contribution in [0.3, 0.4) is 0 Å². The molecule has 2 aromatic rings. The summed E-state index contributed by atoms with van der Waals surface area (Å²) in [4.78, 5) is 0. The Labute approximate surface area is 136 Å². The third kappa shape index (κ3) is 4.37. The van der Waals surface area contributed by atoms with E-state index in [4.69, 9.17) is 27.9 Å². The van der Waals surface area contributed by atoms with Gasteiger partial charge in [0.2, 0.25) is 0 Å². The van der Waals surface area contributed by atoms with E-state index < -0.39 is 0 Å². The fraction of sp³-hybridized carbons (Fsp3) is 0.294. The lowest BCUT2D eigenvalue weighted by Gasteiger charge is -2.15. The van der Waals surface area contributed by atoms with Gasteiger partial charge in [-0.2, -0.15) is 0 Å². The summed E-state index contributed by atoms with van der Waals surface area (Å²) in [5, 5.41) is 4.77. The summed E-state index contributed by atoms with van der Waals surface area (Å²) >= 11 is 12.3. The molecule has 2 nitrogen and oxygen atoms in total. The first-order valence-corrected chi connectivity index (χ1v) is 7.79. The van der Waals surface area contributed by atoms with Crippen LogP contribution in [0.4, 0.5) is 0 Å². The van der Waals surface area contributed by atoms with Crippen LogP contribution in [-0.4, -0.2) is 6.54 Å². The molecule has 0 saturated heterocycles. The molecule has 0 aromatic heterocycles. The molecule has 0 fully saturated rings. The molecule has 112 valence electrons. The monoisotopic (exact) mass is 323 g/mol. The Hall–Kier alpha value is -1.22. The molecular weight excluding hydrogens is 305 g/mol. The highest BCUT2D eigenvalue weighted by Crippen LogP contribution is 2.32. The van der Waals surface area contributed by atoms with Crippen LogP contribution in [0, 0.1) is 6.92 Å². The topological polar surface area (TPSA) is 21.3 Å². The number of halogens is 2. The average Bonchev–Trinajstić information content (AvgIpc) is 2.45. The van der Waals surface area contributed by atoms with Gasteiger partial charge in [-0.05, 0) is 55.8 Å². The number of rotatable bonds is 6. The molecule has 1 N–H and O–H groups in total. The Kier molecular flexibility index (Phi) is 5.92. The van der Waals surface area contributed by atoms with Gasteiger partial charge in [-0.25, -0.2) is 0 Å². The SMILES string of the molecule is CCCNCc1c(Cl)cccc1Oc1ccc(Cl)cc1C. The van der Waals surface area contributed by atoms with Crippen molar-refractivity contribution < 1.29 is 4.74 Å². The molecule has 0 saturated carbocycles. The summed E-state index contributed by atoms with van der Waals surface area (Å²) in [7, 11) is 0. The van der Waals surface area contributed by atoms with Crippen LogP contribution < -0.4 is 10.1 Å². The Morgan fingerprint density at radius 3 is 2.62 bits per heavy atom. The zero-order valence-electron chi connectivity index (χ0n) is 12.2. The predicted molar refractivity (Wildman–Crippen MR) is 89.7 cm³/mol. The molecule has 0 heterocycles. The van der Waals surface area contributed by atoms with Crippen molar-refractivity contribution in [1.29, 1.82) is 0 Å². The third-order valence-electron chi connectivity index (χ3n) is 3.16. The minimum atomic E-state index is 0.690. The zero-order chi connectivity index (χ0) is 15.2. The largest absolute Gasteiger partial charge is 0.457 e. The highest BCUT2D eigenvalue weighted by molar-refractivity contribution is 6.31. The summed E-state index contributed by atoms with van der Waals surface area (Å²) in [6, 6.07) is 11.3. The van der Waals surface area contributed by atoms with E-state index in [2.05, 4.69) is 12.2 Å². The maximum atomic E-state index is 6.30. The highest BCUT2D eigenvalue weighted by Gasteiger charge is 2.10. The molecule has 2 rings (SSSR count). The summed E-state index contributed by atoms with van der Waals surface area (Å²) in [5.41, 5.74) is 1.97. The first-order chi connectivity index (χ1) is 10.1. The van der Waals surface area contributed by atoms with Gasteiger partial charge in [-0.3, -0.25) is 0 Å². The van der Waals surface area contributed by atoms with Crippen molar-refractivity contribution in [2.24, 2.45) is 0 Å². The lowest BCUT2D eigenvalue weighted by Crippen LogP contribution is -2.14. The van der Waals surface area contributed by atoms with Crippen LogP contribution in [0.25, 0.3) is 0 Å². The number of hydrogen-bond donors (Lipinski definition) is 1. The number of hydrogen-bond acceptors (Lipinski definition) is 2. The second-order valence-corrected chi connectivity index (χ2v) is 5.75. The number of benzene rings is 2. The van der Waals surface area contributed by atoms with Crippen molar-refractivity contribution in [3.8, 4) is 11.5 Å². The van der Waals surface area contributed by atoms with Crippen molar-refractivity contribution in [1.82, 2.24) is 5.32 Å². The second-order valence-electron chi connectivity index (χ2n) is 4.91. The van der Waals surface area contributed by atoms with Crippen LogP contribution in [0.1, 0.15) is 24.5 Å². The maximum absolute atomic E-state index is 6.30. The van der Waals surface area contributed by atoms with Crippen molar-refractivity contribution in [2.75, 3.05) is 6.54 Å². The molecule has 4 heteroatoms. The van der Waals surface area contributed by atoms with Crippen LogP contribution >= 0.6 is 23.2 Å². The van der Waals surface area contributed by atoms with E-state index in [1.807, 2.05) is 43.3 Å². The molecule has 0 aliphatic heterocycles. The first kappa shape index (κ1) is 16.2. The normalized spacial score (nSPS) is 10.7. The molecule has 0 aliphatic carbocycles. The number of ether oxygens (including phenoxy) is 1. The fourth-order valence-electron chi connectivity index (χ4n) is 2.04. The van der Waals surface area contributed by atoms with Gasteiger partial charge in [-0.15, -0.1) is 0 Å². The van der Waals surface area contributed by atoms with Crippen molar-refractivity contribution in [2.45, 2.75) is 26.8 Å². The highest BCUT2D eigenvalue weighted by atomic mass is 35.5. The summed E-state index contributed by atoms with van der Waals surface area (Å²) in [6.45, 7) is 5.75. The first-order valence-electron chi connectivity index (χ1n) is 7.04. The van der Waals surface area contributed by atoms with Gasteiger partial charge >= 0.3 is 0 Å². The van der Waals surface area contributed by atoms with E-state index >= 15 is 0 Å². The van der Waals surface area contributed by atoms with Crippen LogP contribution in [0.15, 0.2) is 36.4 Å². The van der Waals surface area contributed by atoms with Crippen LogP contribution in [0.2, 0.25) is 10.0 Å². The van der Waals surface area contributed by atoms with E-state index in [1.54, 1.807) is 0 Å². The predicted octanol–water partition coefficient (Wildman–Crippen LogP) is 5.59. The standard InChI is InChI=1S/C17H19Cl2NO/c1-3-9-20-11-14-15(19)5-4-6-17(14)21-16-8-7-13(18)10-12(16)2/h4-8,10,20H,3,9,11H2,1-2H3. The average molecular weight is 324 g/mol. The second kappa shape index (κ2) is 7.69. The quantitative estimate of drug-likeness (QED) is 0.699. The molecule has 0 radical (unpaired) electrons. The van der Waals surface area contributed by atoms with Gasteiger partial charge in [0.15, 0.2) is 0 Å². The van der Waals surface area contributed by atoms with E-state index in [1.165, 1.54) is 0 Å². The van der Waals surface area contributed by atoms with Gasteiger partial charge in [0.1, 0.15) is 11.5 Å². The smallest absolute Gasteiger partial charge is 0.133 e. The Balaban J connectivity index is 2.24. The molecule has 0 amide bonds. The molecule has 0 unspecified atom stereocenters. The van der Waals surface area contributed by atoms with E-state index in [9.17, 15) is 0 Å². The Morgan fingerprint density at radius 2 is 1.90 bits per heavy atom. The van der Waals surface area contributed by atoms with Gasteiger partial charge in [0.05, 0.1) is 0 Å². The van der Waals surface area contributed by atoms with Crippen molar-refractivity contribution in [3.63, 3.8) is 0 Å². The Morgan fingerprint density at radius 1 is 1.10 bits per heavy atom. The third-order valence-corrected chi connectivity index (χ3v) is 3.75. The van der Waals surface area contributed by atoms with Crippen molar-refractivity contribution in [3.05, 3.63) is 57.6 Å².